The molecular weight excluding hydrogens is 430 g/mol. The number of hydrogen-bond donors (Lipinski definition) is 1. The highest BCUT2D eigenvalue weighted by Crippen LogP contribution is 2.43. The van der Waals surface area contributed by atoms with Gasteiger partial charge in [-0.1, -0.05) is 20.8 Å². The third-order valence-corrected chi connectivity index (χ3v) is 7.34. The van der Waals surface area contributed by atoms with Gasteiger partial charge in [-0.3, -0.25) is 24.1 Å². The number of esters is 2. The lowest BCUT2D eigenvalue weighted by Gasteiger charge is -2.40. The number of urea groups is 1. The Balaban J connectivity index is 1.46. The predicted octanol–water partition coefficient (Wildman–Crippen LogP) is 1.47. The second-order valence-corrected chi connectivity index (χ2v) is 10.4. The molecule has 184 valence electrons. The molecule has 0 aromatic heterocycles. The minimum atomic E-state index is -0.946. The Labute approximate surface area is 194 Å². The van der Waals surface area contributed by atoms with E-state index < -0.39 is 36.6 Å². The SMILES string of the molecule is COC(=O)C1CCN(C(=O)COC(=O)CN2C(=O)NC3(CCC(C(C)(C)C)CC3)C2=O)CC1. The molecule has 10 heteroatoms. The molecule has 2 saturated heterocycles. The van der Waals surface area contributed by atoms with Gasteiger partial charge in [0.25, 0.3) is 11.8 Å². The van der Waals surface area contributed by atoms with Crippen molar-refractivity contribution in [3.05, 3.63) is 0 Å². The average Bonchev–Trinajstić information content (AvgIpc) is 3.00. The van der Waals surface area contributed by atoms with Gasteiger partial charge >= 0.3 is 18.0 Å². The maximum atomic E-state index is 13.0. The number of nitrogens with zero attached hydrogens (tertiary/aromatic N) is 2. The fourth-order valence-electron chi connectivity index (χ4n) is 5.07. The minimum absolute atomic E-state index is 0.137. The number of rotatable bonds is 5. The number of nitrogens with one attached hydrogen (secondary N) is 1. The molecule has 0 aromatic rings. The van der Waals surface area contributed by atoms with Crippen molar-refractivity contribution in [2.24, 2.45) is 17.3 Å². The lowest BCUT2D eigenvalue weighted by atomic mass is 9.67. The number of amides is 4. The Kier molecular flexibility index (Phi) is 7.33. The zero-order valence-electron chi connectivity index (χ0n) is 20.0. The number of imide groups is 1. The molecule has 2 heterocycles. The Morgan fingerprint density at radius 3 is 2.21 bits per heavy atom. The fourth-order valence-corrected chi connectivity index (χ4v) is 5.07. The standard InChI is InChI=1S/C23H35N3O7/c1-22(2,3)16-5-9-23(10-6-16)20(30)26(21(31)24-23)13-18(28)33-14-17(27)25-11-7-15(8-12-25)19(29)32-4/h15-16H,5-14H2,1-4H3,(H,24,31). The van der Waals surface area contributed by atoms with Crippen LogP contribution in [0.4, 0.5) is 4.79 Å². The molecule has 1 spiro atoms. The van der Waals surface area contributed by atoms with Crippen molar-refractivity contribution in [3.63, 3.8) is 0 Å². The van der Waals surface area contributed by atoms with Gasteiger partial charge in [-0.15, -0.1) is 0 Å². The normalized spacial score (nSPS) is 26.4. The molecule has 3 aliphatic rings. The van der Waals surface area contributed by atoms with Crippen LogP contribution in [0.3, 0.4) is 0 Å². The molecule has 0 bridgehead atoms. The van der Waals surface area contributed by atoms with E-state index in [2.05, 4.69) is 26.1 Å². The van der Waals surface area contributed by atoms with Crippen LogP contribution in [0.1, 0.15) is 59.3 Å². The summed E-state index contributed by atoms with van der Waals surface area (Å²) in [5.41, 5.74) is -0.809. The summed E-state index contributed by atoms with van der Waals surface area (Å²) in [5, 5.41) is 2.80. The first-order chi connectivity index (χ1) is 15.5. The van der Waals surface area contributed by atoms with Crippen molar-refractivity contribution >= 4 is 29.8 Å². The van der Waals surface area contributed by atoms with Gasteiger partial charge in [-0.25, -0.2) is 4.79 Å². The quantitative estimate of drug-likeness (QED) is 0.482. The highest BCUT2D eigenvalue weighted by atomic mass is 16.5. The molecule has 10 nitrogen and oxygen atoms in total. The van der Waals surface area contributed by atoms with Gasteiger partial charge in [-0.2, -0.15) is 0 Å². The van der Waals surface area contributed by atoms with Crippen molar-refractivity contribution in [2.75, 3.05) is 33.4 Å². The van der Waals surface area contributed by atoms with Gasteiger partial charge in [0.2, 0.25) is 0 Å². The molecule has 0 unspecified atom stereocenters. The summed E-state index contributed by atoms with van der Waals surface area (Å²) in [6.45, 7) is 6.29. The van der Waals surface area contributed by atoms with E-state index in [0.717, 1.165) is 17.7 Å². The fraction of sp³-hybridized carbons (Fsp3) is 0.783. The molecule has 3 fully saturated rings. The van der Waals surface area contributed by atoms with Crippen molar-refractivity contribution in [1.29, 1.82) is 0 Å². The van der Waals surface area contributed by atoms with E-state index in [-0.39, 0.29) is 23.2 Å². The van der Waals surface area contributed by atoms with E-state index in [1.807, 2.05) is 0 Å². The number of methoxy groups -OCH3 is 1. The second kappa shape index (κ2) is 9.69. The van der Waals surface area contributed by atoms with Crippen LogP contribution in [0.15, 0.2) is 0 Å². The van der Waals surface area contributed by atoms with Crippen molar-refractivity contribution in [2.45, 2.75) is 64.8 Å². The van der Waals surface area contributed by atoms with E-state index in [4.69, 9.17) is 9.47 Å². The summed E-state index contributed by atoms with van der Waals surface area (Å²) in [6.07, 6.45) is 3.74. The monoisotopic (exact) mass is 465 g/mol. The van der Waals surface area contributed by atoms with Crippen LogP contribution in [-0.4, -0.2) is 78.5 Å². The summed E-state index contributed by atoms with van der Waals surface area (Å²) in [5.74, 6) is -1.63. The number of carbonyl (C=O) groups is 5. The highest BCUT2D eigenvalue weighted by molar-refractivity contribution is 6.08. The largest absolute Gasteiger partial charge is 0.469 e. The number of ether oxygens (including phenoxy) is 2. The summed E-state index contributed by atoms with van der Waals surface area (Å²) < 4.78 is 9.78. The van der Waals surface area contributed by atoms with E-state index >= 15 is 0 Å². The van der Waals surface area contributed by atoms with Gasteiger partial charge in [0, 0.05) is 13.1 Å². The zero-order chi connectivity index (χ0) is 24.4. The molecule has 33 heavy (non-hydrogen) atoms. The van der Waals surface area contributed by atoms with Crippen molar-refractivity contribution in [1.82, 2.24) is 15.1 Å². The maximum absolute atomic E-state index is 13.0. The molecule has 1 N–H and O–H groups in total. The first-order valence-corrected chi connectivity index (χ1v) is 11.6. The molecule has 1 aliphatic carbocycles. The Morgan fingerprint density at radius 1 is 1.06 bits per heavy atom. The maximum Gasteiger partial charge on any atom is 0.326 e. The second-order valence-electron chi connectivity index (χ2n) is 10.4. The Morgan fingerprint density at radius 2 is 1.67 bits per heavy atom. The average molecular weight is 466 g/mol. The molecule has 3 rings (SSSR count). The molecule has 4 amide bonds. The lowest BCUT2D eigenvalue weighted by Crippen LogP contribution is -2.50. The predicted molar refractivity (Wildman–Crippen MR) is 117 cm³/mol. The summed E-state index contributed by atoms with van der Waals surface area (Å²) in [4.78, 5) is 64.1. The first kappa shape index (κ1) is 25.0. The Hall–Kier alpha value is -2.65. The van der Waals surface area contributed by atoms with Crippen LogP contribution >= 0.6 is 0 Å². The van der Waals surface area contributed by atoms with Gasteiger partial charge in [0.15, 0.2) is 6.61 Å². The number of hydrogen-bond acceptors (Lipinski definition) is 7. The zero-order valence-corrected chi connectivity index (χ0v) is 20.0. The van der Waals surface area contributed by atoms with Crippen LogP contribution in [-0.2, 0) is 28.7 Å². The number of likely N-dealkylation sites (tertiary alicyclic amines) is 1. The lowest BCUT2D eigenvalue weighted by molar-refractivity contribution is -0.155. The Bertz CT molecular complexity index is 803. The third kappa shape index (κ3) is 5.47. The van der Waals surface area contributed by atoms with Crippen molar-refractivity contribution < 1.29 is 33.4 Å². The van der Waals surface area contributed by atoms with Gasteiger partial charge < -0.3 is 19.7 Å². The van der Waals surface area contributed by atoms with Crippen molar-refractivity contribution in [3.8, 4) is 0 Å². The summed E-state index contributed by atoms with van der Waals surface area (Å²) in [7, 11) is 1.34. The van der Waals surface area contributed by atoms with E-state index in [1.54, 1.807) is 0 Å². The summed E-state index contributed by atoms with van der Waals surface area (Å²) in [6, 6.07) is -0.595. The molecule has 0 aromatic carbocycles. The van der Waals surface area contributed by atoms with Gasteiger partial charge in [-0.05, 0) is 49.9 Å². The van der Waals surface area contributed by atoms with Crippen LogP contribution in [0, 0.1) is 17.3 Å². The van der Waals surface area contributed by atoms with Gasteiger partial charge in [0.05, 0.1) is 13.0 Å². The van der Waals surface area contributed by atoms with E-state index in [0.29, 0.717) is 44.7 Å². The molecule has 0 radical (unpaired) electrons. The molecule has 1 saturated carbocycles. The molecular formula is C23H35N3O7. The van der Waals surface area contributed by atoms with Crippen LogP contribution in [0.25, 0.3) is 0 Å². The third-order valence-electron chi connectivity index (χ3n) is 7.34. The van der Waals surface area contributed by atoms with Crippen LogP contribution in [0.5, 0.6) is 0 Å². The van der Waals surface area contributed by atoms with E-state index in [9.17, 15) is 24.0 Å². The number of piperidine rings is 1. The molecule has 0 atom stereocenters. The van der Waals surface area contributed by atoms with Crippen LogP contribution < -0.4 is 5.32 Å². The smallest absolute Gasteiger partial charge is 0.326 e. The van der Waals surface area contributed by atoms with Gasteiger partial charge in [0.1, 0.15) is 12.1 Å². The number of carbonyl (C=O) groups excluding carboxylic acids is 5. The first-order valence-electron chi connectivity index (χ1n) is 11.6. The minimum Gasteiger partial charge on any atom is -0.469 e. The summed E-state index contributed by atoms with van der Waals surface area (Å²) >= 11 is 0. The van der Waals surface area contributed by atoms with Crippen LogP contribution in [0.2, 0.25) is 0 Å². The molecule has 2 aliphatic heterocycles. The highest BCUT2D eigenvalue weighted by Gasteiger charge is 2.53. The topological polar surface area (TPSA) is 122 Å². The van der Waals surface area contributed by atoms with E-state index in [1.165, 1.54) is 12.0 Å².